The third-order valence-corrected chi connectivity index (χ3v) is 1.91. The molecule has 0 atom stereocenters. The third-order valence-electron chi connectivity index (χ3n) is 1.91. The molecule has 7 heteroatoms. The van der Waals surface area contributed by atoms with Gasteiger partial charge in [0.2, 0.25) is 0 Å². The molecule has 0 aliphatic heterocycles. The third kappa shape index (κ3) is 2.24. The van der Waals surface area contributed by atoms with Gasteiger partial charge in [0, 0.05) is 12.6 Å². The van der Waals surface area contributed by atoms with Crippen LogP contribution in [0.3, 0.4) is 0 Å². The lowest BCUT2D eigenvalue weighted by Crippen LogP contribution is -2.08. The Morgan fingerprint density at radius 3 is 2.67 bits per heavy atom. The largest absolute Gasteiger partial charge is 0.325 e. The Bertz CT molecular complexity index is 396. The summed E-state index contributed by atoms with van der Waals surface area (Å²) >= 11 is 0. The molecule has 15 heavy (non-hydrogen) atoms. The fraction of sp³-hybridized carbons (Fsp3) is 0.375. The molecule has 0 saturated carbocycles. The van der Waals surface area contributed by atoms with Crippen LogP contribution in [0, 0.1) is 17.0 Å². The SMILES string of the molecule is Cc1cc([N+](=O)[O-])c(CN)nc1C(F)F. The van der Waals surface area contributed by atoms with Crippen LogP contribution >= 0.6 is 0 Å². The minimum absolute atomic E-state index is 0.0916. The first-order chi connectivity index (χ1) is 6.97. The van der Waals surface area contributed by atoms with E-state index in [2.05, 4.69) is 4.98 Å². The highest BCUT2D eigenvalue weighted by molar-refractivity contribution is 5.41. The number of nitrogens with zero attached hydrogens (tertiary/aromatic N) is 2. The summed E-state index contributed by atoms with van der Waals surface area (Å²) in [4.78, 5) is 13.3. The van der Waals surface area contributed by atoms with E-state index < -0.39 is 17.0 Å². The number of nitrogens with two attached hydrogens (primary N) is 1. The number of hydrogen-bond donors (Lipinski definition) is 1. The molecule has 5 nitrogen and oxygen atoms in total. The minimum atomic E-state index is -2.75. The lowest BCUT2D eigenvalue weighted by atomic mass is 10.1. The van der Waals surface area contributed by atoms with E-state index in [0.29, 0.717) is 0 Å². The molecule has 0 amide bonds. The lowest BCUT2D eigenvalue weighted by molar-refractivity contribution is -0.386. The number of aryl methyl sites for hydroxylation is 1. The van der Waals surface area contributed by atoms with Gasteiger partial charge in [-0.15, -0.1) is 0 Å². The molecule has 0 unspecified atom stereocenters. The van der Waals surface area contributed by atoms with Crippen LogP contribution in [0.25, 0.3) is 0 Å². The first-order valence-electron chi connectivity index (χ1n) is 4.10. The zero-order valence-electron chi connectivity index (χ0n) is 7.91. The summed E-state index contributed by atoms with van der Waals surface area (Å²) in [5, 5.41) is 10.5. The Hall–Kier alpha value is -1.63. The summed E-state index contributed by atoms with van der Waals surface area (Å²) in [6.07, 6.45) is -2.75. The van der Waals surface area contributed by atoms with Gasteiger partial charge in [-0.2, -0.15) is 0 Å². The molecule has 0 fully saturated rings. The van der Waals surface area contributed by atoms with Crippen molar-refractivity contribution in [3.05, 3.63) is 33.1 Å². The van der Waals surface area contributed by atoms with E-state index in [4.69, 9.17) is 5.73 Å². The molecule has 1 aromatic heterocycles. The molecule has 0 spiro atoms. The van der Waals surface area contributed by atoms with E-state index in [-0.39, 0.29) is 23.5 Å². The van der Waals surface area contributed by atoms with Gasteiger partial charge in [-0.25, -0.2) is 13.8 Å². The van der Waals surface area contributed by atoms with Crippen molar-refractivity contribution < 1.29 is 13.7 Å². The number of halogens is 2. The highest BCUT2D eigenvalue weighted by Gasteiger charge is 2.21. The van der Waals surface area contributed by atoms with Crippen molar-refractivity contribution in [3.8, 4) is 0 Å². The van der Waals surface area contributed by atoms with E-state index >= 15 is 0 Å². The normalized spacial score (nSPS) is 10.7. The molecule has 0 saturated heterocycles. The summed E-state index contributed by atoms with van der Waals surface area (Å²) in [5.74, 6) is 0. The van der Waals surface area contributed by atoms with Crippen LogP contribution in [0.5, 0.6) is 0 Å². The number of nitro groups is 1. The fourth-order valence-electron chi connectivity index (χ4n) is 1.18. The number of rotatable bonds is 3. The van der Waals surface area contributed by atoms with Gasteiger partial charge >= 0.3 is 0 Å². The van der Waals surface area contributed by atoms with E-state index in [9.17, 15) is 18.9 Å². The molecule has 0 aliphatic carbocycles. The topological polar surface area (TPSA) is 82.0 Å². The molecule has 82 valence electrons. The first kappa shape index (κ1) is 11.4. The molecule has 0 radical (unpaired) electrons. The van der Waals surface area contributed by atoms with Crippen molar-refractivity contribution in [2.45, 2.75) is 19.9 Å². The van der Waals surface area contributed by atoms with E-state index in [0.717, 1.165) is 6.07 Å². The monoisotopic (exact) mass is 217 g/mol. The van der Waals surface area contributed by atoms with Crippen LogP contribution in [0.15, 0.2) is 6.07 Å². The molecule has 0 aliphatic rings. The Kier molecular flexibility index (Phi) is 3.25. The predicted molar refractivity (Wildman–Crippen MR) is 48.5 cm³/mol. The quantitative estimate of drug-likeness (QED) is 0.617. The van der Waals surface area contributed by atoms with Gasteiger partial charge < -0.3 is 5.73 Å². The second-order valence-corrected chi connectivity index (χ2v) is 2.92. The van der Waals surface area contributed by atoms with Gasteiger partial charge in [0.05, 0.1) is 4.92 Å². The van der Waals surface area contributed by atoms with Gasteiger partial charge in [-0.3, -0.25) is 10.1 Å². The van der Waals surface area contributed by atoms with Gasteiger partial charge in [0.1, 0.15) is 11.4 Å². The van der Waals surface area contributed by atoms with E-state index in [1.807, 2.05) is 0 Å². The van der Waals surface area contributed by atoms with Crippen molar-refractivity contribution in [2.75, 3.05) is 0 Å². The summed E-state index contributed by atoms with van der Waals surface area (Å²) in [6.45, 7) is 1.11. The molecule has 0 aromatic carbocycles. The van der Waals surface area contributed by atoms with Crippen LogP contribution in [0.4, 0.5) is 14.5 Å². The van der Waals surface area contributed by atoms with Crippen molar-refractivity contribution in [3.63, 3.8) is 0 Å². The standard InChI is InChI=1S/C8H9F2N3O2/c1-4-2-6(13(14)15)5(3-11)12-7(4)8(9)10/h2,8H,3,11H2,1H3. The average molecular weight is 217 g/mol. The van der Waals surface area contributed by atoms with Gasteiger partial charge in [0.15, 0.2) is 0 Å². The highest BCUT2D eigenvalue weighted by Crippen LogP contribution is 2.26. The molecule has 1 aromatic rings. The molecular formula is C8H9F2N3O2. The first-order valence-corrected chi connectivity index (χ1v) is 4.10. The van der Waals surface area contributed by atoms with Crippen LogP contribution < -0.4 is 5.73 Å². The zero-order chi connectivity index (χ0) is 11.6. The maximum atomic E-state index is 12.4. The summed E-state index contributed by atoms with van der Waals surface area (Å²) in [6, 6.07) is 1.07. The lowest BCUT2D eigenvalue weighted by Gasteiger charge is -2.06. The van der Waals surface area contributed by atoms with Crippen LogP contribution in [-0.4, -0.2) is 9.91 Å². The molecule has 0 bridgehead atoms. The van der Waals surface area contributed by atoms with E-state index in [1.165, 1.54) is 6.92 Å². The second-order valence-electron chi connectivity index (χ2n) is 2.92. The fourth-order valence-corrected chi connectivity index (χ4v) is 1.18. The van der Waals surface area contributed by atoms with Crippen molar-refractivity contribution in [2.24, 2.45) is 5.73 Å². The van der Waals surface area contributed by atoms with Crippen molar-refractivity contribution in [1.29, 1.82) is 0 Å². The van der Waals surface area contributed by atoms with Crippen LogP contribution in [-0.2, 0) is 6.54 Å². The van der Waals surface area contributed by atoms with Crippen molar-refractivity contribution >= 4 is 5.69 Å². The maximum absolute atomic E-state index is 12.4. The van der Waals surface area contributed by atoms with Gasteiger partial charge in [-0.05, 0) is 12.5 Å². The number of pyridine rings is 1. The average Bonchev–Trinajstić information content (AvgIpc) is 2.16. The Morgan fingerprint density at radius 2 is 2.27 bits per heavy atom. The Balaban J connectivity index is 3.35. The van der Waals surface area contributed by atoms with Gasteiger partial charge in [0.25, 0.3) is 12.1 Å². The Morgan fingerprint density at radius 1 is 1.67 bits per heavy atom. The second kappa shape index (κ2) is 4.26. The Labute approximate surface area is 84.1 Å². The molecular weight excluding hydrogens is 208 g/mol. The molecule has 1 rings (SSSR count). The summed E-state index contributed by atoms with van der Waals surface area (Å²) in [7, 11) is 0. The predicted octanol–water partition coefficient (Wildman–Crippen LogP) is 1.69. The minimum Gasteiger partial charge on any atom is -0.325 e. The van der Waals surface area contributed by atoms with Crippen LogP contribution in [0.1, 0.15) is 23.4 Å². The number of hydrogen-bond acceptors (Lipinski definition) is 4. The van der Waals surface area contributed by atoms with E-state index in [1.54, 1.807) is 0 Å². The summed E-state index contributed by atoms with van der Waals surface area (Å²) < 4.78 is 24.8. The van der Waals surface area contributed by atoms with Gasteiger partial charge in [-0.1, -0.05) is 0 Å². The zero-order valence-corrected chi connectivity index (χ0v) is 7.91. The molecule has 1 heterocycles. The van der Waals surface area contributed by atoms with Crippen LogP contribution in [0.2, 0.25) is 0 Å². The molecule has 2 N–H and O–H groups in total. The number of alkyl halides is 2. The summed E-state index contributed by atoms with van der Waals surface area (Å²) in [5.41, 5.74) is 4.39. The van der Waals surface area contributed by atoms with Crippen molar-refractivity contribution in [1.82, 2.24) is 4.98 Å². The number of aromatic nitrogens is 1. The maximum Gasteiger partial charge on any atom is 0.292 e. The smallest absolute Gasteiger partial charge is 0.292 e. The highest BCUT2D eigenvalue weighted by atomic mass is 19.3.